The number of aromatic nitrogens is 1. The Bertz CT molecular complexity index is 1090. The number of benzene rings is 1. The third kappa shape index (κ3) is 3.76. The molecule has 4 bridgehead atoms. The lowest BCUT2D eigenvalue weighted by Gasteiger charge is -2.58. The number of nitrogens with zero attached hydrogens (tertiary/aromatic N) is 3. The van der Waals surface area contributed by atoms with Gasteiger partial charge in [-0.05, 0) is 92.5 Å². The highest BCUT2D eigenvalue weighted by atomic mass is 16.3. The van der Waals surface area contributed by atoms with E-state index in [4.69, 9.17) is 10.2 Å². The molecule has 176 valence electrons. The first kappa shape index (κ1) is 21.6. The summed E-state index contributed by atoms with van der Waals surface area (Å²) in [4.78, 5) is 20.5. The monoisotopic (exact) mass is 456 g/mol. The van der Waals surface area contributed by atoms with Crippen LogP contribution in [0, 0.1) is 34.5 Å². The molecule has 0 spiro atoms. The SMILES string of the molecule is N#Cc1ccc(-c2ccc(N3CCC[C@H](NC(=O)C45CC6CC(C4)C(O)C(C6)C5)C3)nc2)cc1. The number of carbonyl (C=O) groups excluding carboxylic acids is 1. The van der Waals surface area contributed by atoms with Gasteiger partial charge in [-0.3, -0.25) is 4.79 Å². The van der Waals surface area contributed by atoms with Crippen LogP contribution in [0.1, 0.15) is 50.5 Å². The van der Waals surface area contributed by atoms with Crippen molar-refractivity contribution < 1.29 is 9.90 Å². The van der Waals surface area contributed by atoms with Crippen LogP contribution in [0.4, 0.5) is 5.82 Å². The number of rotatable bonds is 4. The number of piperidine rings is 1. The van der Waals surface area contributed by atoms with Gasteiger partial charge in [0, 0.05) is 30.9 Å². The average molecular weight is 457 g/mol. The van der Waals surface area contributed by atoms with Gasteiger partial charge < -0.3 is 15.3 Å². The Morgan fingerprint density at radius 2 is 1.82 bits per heavy atom. The fourth-order valence-electron chi connectivity index (χ4n) is 7.40. The number of pyridine rings is 1. The maximum atomic E-state index is 13.5. The predicted molar refractivity (Wildman–Crippen MR) is 130 cm³/mol. The lowest BCUT2D eigenvalue weighted by molar-refractivity contribution is -0.163. The fraction of sp³-hybridized carbons (Fsp3) is 0.536. The van der Waals surface area contributed by atoms with E-state index < -0.39 is 0 Å². The zero-order valence-corrected chi connectivity index (χ0v) is 19.5. The van der Waals surface area contributed by atoms with Gasteiger partial charge in [-0.1, -0.05) is 12.1 Å². The van der Waals surface area contributed by atoms with E-state index in [1.165, 1.54) is 0 Å². The highest BCUT2D eigenvalue weighted by Gasteiger charge is 2.58. The molecule has 5 fully saturated rings. The van der Waals surface area contributed by atoms with Crippen LogP contribution in [0.2, 0.25) is 0 Å². The maximum Gasteiger partial charge on any atom is 0.226 e. The highest BCUT2D eigenvalue weighted by molar-refractivity contribution is 5.83. The number of nitrogens with one attached hydrogen (secondary N) is 1. The van der Waals surface area contributed by atoms with Gasteiger partial charge in [0.2, 0.25) is 5.91 Å². The average Bonchev–Trinajstić information content (AvgIpc) is 2.87. The summed E-state index contributed by atoms with van der Waals surface area (Å²) in [5.74, 6) is 2.43. The van der Waals surface area contributed by atoms with E-state index in [-0.39, 0.29) is 23.5 Å². The molecule has 4 aliphatic carbocycles. The minimum Gasteiger partial charge on any atom is -0.393 e. The number of hydrogen-bond acceptors (Lipinski definition) is 5. The Hall–Kier alpha value is -2.91. The second kappa shape index (κ2) is 8.39. The Morgan fingerprint density at radius 3 is 2.50 bits per heavy atom. The smallest absolute Gasteiger partial charge is 0.226 e. The number of amides is 1. The van der Waals surface area contributed by atoms with Gasteiger partial charge in [-0.25, -0.2) is 4.98 Å². The maximum absolute atomic E-state index is 13.5. The standard InChI is InChI=1S/C28H32N4O2/c29-15-18-3-5-20(6-4-18)21-7-8-25(30-16-21)32-9-1-2-24(17-32)31-27(34)28-12-19-10-22(13-28)26(33)23(11-19)14-28/h3-8,16,19,22-24,26,33H,1-2,9-14,17H2,(H,31,34)/t19?,22?,23?,24-,26?,28?/m0/s1. The summed E-state index contributed by atoms with van der Waals surface area (Å²) in [5, 5.41) is 23.0. The Labute approximate surface area is 201 Å². The summed E-state index contributed by atoms with van der Waals surface area (Å²) >= 11 is 0. The van der Waals surface area contributed by atoms with E-state index in [2.05, 4.69) is 28.4 Å². The Kier molecular flexibility index (Phi) is 5.33. The number of nitriles is 1. The van der Waals surface area contributed by atoms with Crippen LogP contribution in [0.3, 0.4) is 0 Å². The number of anilines is 1. The van der Waals surface area contributed by atoms with Gasteiger partial charge >= 0.3 is 0 Å². The third-order valence-corrected chi connectivity index (χ3v) is 8.88. The zero-order valence-electron chi connectivity index (χ0n) is 19.5. The topological polar surface area (TPSA) is 89.2 Å². The first-order valence-corrected chi connectivity index (χ1v) is 12.7. The molecule has 2 N–H and O–H groups in total. The zero-order chi connectivity index (χ0) is 23.3. The van der Waals surface area contributed by atoms with Crippen LogP contribution in [-0.2, 0) is 4.79 Å². The lowest BCUT2D eigenvalue weighted by Crippen LogP contribution is -2.60. The van der Waals surface area contributed by atoms with Crippen LogP contribution in [0.5, 0.6) is 0 Å². The molecular weight excluding hydrogens is 424 g/mol. The summed E-state index contributed by atoms with van der Waals surface area (Å²) in [6, 6.07) is 14.0. The first-order chi connectivity index (χ1) is 16.5. The molecular formula is C28H32N4O2. The van der Waals surface area contributed by atoms with Crippen molar-refractivity contribution in [2.75, 3.05) is 18.0 Å². The van der Waals surface area contributed by atoms with Gasteiger partial charge in [-0.15, -0.1) is 0 Å². The Balaban J connectivity index is 1.11. The summed E-state index contributed by atoms with van der Waals surface area (Å²) < 4.78 is 0. The fourth-order valence-corrected chi connectivity index (χ4v) is 7.40. The van der Waals surface area contributed by atoms with Crippen molar-refractivity contribution in [2.45, 2.75) is 57.1 Å². The minimum atomic E-state index is -0.251. The molecule has 2 unspecified atom stereocenters. The molecule has 1 aromatic carbocycles. The van der Waals surface area contributed by atoms with Crippen molar-refractivity contribution in [1.29, 1.82) is 5.26 Å². The van der Waals surface area contributed by atoms with Gasteiger partial charge in [0.05, 0.1) is 23.2 Å². The molecule has 7 rings (SSSR count). The molecule has 2 heterocycles. The predicted octanol–water partition coefficient (Wildman–Crippen LogP) is 3.89. The molecule has 1 saturated heterocycles. The first-order valence-electron chi connectivity index (χ1n) is 12.7. The molecule has 4 saturated carbocycles. The van der Waals surface area contributed by atoms with Crippen LogP contribution >= 0.6 is 0 Å². The van der Waals surface area contributed by atoms with Gasteiger partial charge in [0.15, 0.2) is 0 Å². The number of aliphatic hydroxyl groups is 1. The molecule has 34 heavy (non-hydrogen) atoms. The molecule has 3 atom stereocenters. The van der Waals surface area contributed by atoms with E-state index in [1.54, 1.807) is 0 Å². The molecule has 1 amide bonds. The molecule has 6 heteroatoms. The molecule has 6 nitrogen and oxygen atoms in total. The van der Waals surface area contributed by atoms with Crippen LogP contribution in [0.15, 0.2) is 42.6 Å². The summed E-state index contributed by atoms with van der Waals surface area (Å²) in [6.45, 7) is 1.73. The third-order valence-electron chi connectivity index (χ3n) is 8.88. The van der Waals surface area contributed by atoms with Crippen molar-refractivity contribution >= 4 is 11.7 Å². The minimum absolute atomic E-state index is 0.138. The summed E-state index contributed by atoms with van der Waals surface area (Å²) in [6.07, 6.45) is 8.67. The molecule has 0 radical (unpaired) electrons. The number of aliphatic hydroxyl groups excluding tert-OH is 1. The van der Waals surface area contributed by atoms with E-state index in [0.29, 0.717) is 23.3 Å². The lowest BCUT2D eigenvalue weighted by atomic mass is 9.48. The highest BCUT2D eigenvalue weighted by Crippen LogP contribution is 2.60. The largest absolute Gasteiger partial charge is 0.393 e. The van der Waals surface area contributed by atoms with Crippen LogP contribution < -0.4 is 10.2 Å². The molecule has 1 aromatic heterocycles. The van der Waals surface area contributed by atoms with Crippen LogP contribution in [-0.4, -0.2) is 41.2 Å². The quantitative estimate of drug-likeness (QED) is 0.729. The van der Waals surface area contributed by atoms with Crippen molar-refractivity contribution in [1.82, 2.24) is 10.3 Å². The van der Waals surface area contributed by atoms with Crippen molar-refractivity contribution in [2.24, 2.45) is 23.2 Å². The van der Waals surface area contributed by atoms with Crippen molar-refractivity contribution in [3.63, 3.8) is 0 Å². The summed E-state index contributed by atoms with van der Waals surface area (Å²) in [7, 11) is 0. The molecule has 5 aliphatic rings. The van der Waals surface area contributed by atoms with Gasteiger partial charge in [-0.2, -0.15) is 5.26 Å². The second-order valence-corrected chi connectivity index (χ2v) is 11.1. The van der Waals surface area contributed by atoms with E-state index in [9.17, 15) is 9.90 Å². The van der Waals surface area contributed by atoms with Gasteiger partial charge in [0.1, 0.15) is 5.82 Å². The number of carbonyl (C=O) groups is 1. The summed E-state index contributed by atoms with van der Waals surface area (Å²) in [5.41, 5.74) is 2.47. The van der Waals surface area contributed by atoms with Crippen LogP contribution in [0.25, 0.3) is 11.1 Å². The normalized spacial score (nSPS) is 34.0. The van der Waals surface area contributed by atoms with E-state index in [0.717, 1.165) is 75.0 Å². The second-order valence-electron chi connectivity index (χ2n) is 11.1. The van der Waals surface area contributed by atoms with Gasteiger partial charge in [0.25, 0.3) is 0 Å². The van der Waals surface area contributed by atoms with Crippen molar-refractivity contribution in [3.05, 3.63) is 48.2 Å². The van der Waals surface area contributed by atoms with E-state index >= 15 is 0 Å². The van der Waals surface area contributed by atoms with E-state index in [1.807, 2.05) is 30.5 Å². The van der Waals surface area contributed by atoms with Crippen molar-refractivity contribution in [3.8, 4) is 17.2 Å². The number of hydrogen-bond donors (Lipinski definition) is 2. The molecule has 1 aliphatic heterocycles. The Morgan fingerprint density at radius 1 is 1.09 bits per heavy atom. The molecule has 2 aromatic rings.